The first kappa shape index (κ1) is 22.4. The Labute approximate surface area is 181 Å². The highest BCUT2D eigenvalue weighted by Gasteiger charge is 2.17. The smallest absolute Gasteiger partial charge is 0.188 e. The van der Waals surface area contributed by atoms with Crippen molar-refractivity contribution in [3.63, 3.8) is 0 Å². The first-order valence-electron chi connectivity index (χ1n) is 10.3. The Morgan fingerprint density at radius 1 is 1.04 bits per heavy atom. The average molecular weight is 485 g/mol. The topological polar surface area (TPSA) is 56.9 Å². The van der Waals surface area contributed by atoms with Crippen LogP contribution in [0.25, 0.3) is 0 Å². The zero-order chi connectivity index (χ0) is 18.0. The van der Waals surface area contributed by atoms with Crippen LogP contribution in [0.3, 0.4) is 0 Å². The highest BCUT2D eigenvalue weighted by atomic mass is 127. The number of halogens is 1. The number of nitrogens with one attached hydrogen (secondary N) is 1. The summed E-state index contributed by atoms with van der Waals surface area (Å²) in [7, 11) is 0. The summed E-state index contributed by atoms with van der Waals surface area (Å²) in [4.78, 5) is 9.60. The third-order valence-corrected chi connectivity index (χ3v) is 5.67. The molecule has 152 valence electrons. The summed E-state index contributed by atoms with van der Waals surface area (Å²) >= 11 is 0. The molecule has 1 saturated carbocycles. The van der Waals surface area contributed by atoms with Crippen LogP contribution in [0.4, 0.5) is 0 Å². The summed E-state index contributed by atoms with van der Waals surface area (Å²) in [6.45, 7) is 8.84. The van der Waals surface area contributed by atoms with Crippen LogP contribution < -0.4 is 11.1 Å². The molecular formula is C21H36IN5. The molecule has 0 bridgehead atoms. The molecule has 0 amide bonds. The van der Waals surface area contributed by atoms with Gasteiger partial charge in [0.2, 0.25) is 0 Å². The maximum atomic E-state index is 5.93. The number of piperazine rings is 1. The summed E-state index contributed by atoms with van der Waals surface area (Å²) in [5.74, 6) is 1.42. The molecule has 27 heavy (non-hydrogen) atoms. The number of rotatable bonds is 9. The van der Waals surface area contributed by atoms with Gasteiger partial charge in [-0.1, -0.05) is 36.8 Å². The highest BCUT2D eigenvalue weighted by molar-refractivity contribution is 14.0. The van der Waals surface area contributed by atoms with Crippen molar-refractivity contribution in [3.05, 3.63) is 35.9 Å². The van der Waals surface area contributed by atoms with E-state index < -0.39 is 0 Å². The van der Waals surface area contributed by atoms with E-state index in [1.165, 1.54) is 64.0 Å². The maximum absolute atomic E-state index is 5.93. The fraction of sp³-hybridized carbons (Fsp3) is 0.667. The van der Waals surface area contributed by atoms with E-state index in [1.807, 2.05) is 0 Å². The molecule has 1 aliphatic heterocycles. The van der Waals surface area contributed by atoms with Crippen LogP contribution in [-0.2, 0) is 6.54 Å². The lowest BCUT2D eigenvalue weighted by Crippen LogP contribution is -2.46. The van der Waals surface area contributed by atoms with Gasteiger partial charge in [-0.3, -0.25) is 9.89 Å². The van der Waals surface area contributed by atoms with Gasteiger partial charge in [-0.15, -0.1) is 24.0 Å². The fourth-order valence-corrected chi connectivity index (χ4v) is 3.65. The summed E-state index contributed by atoms with van der Waals surface area (Å²) in [6, 6.07) is 10.8. The number of unbranched alkanes of at least 4 members (excludes halogenated alkanes) is 1. The molecule has 6 heteroatoms. The van der Waals surface area contributed by atoms with Gasteiger partial charge in [0.1, 0.15) is 0 Å². The Hall–Kier alpha value is -0.860. The summed E-state index contributed by atoms with van der Waals surface area (Å²) in [5.41, 5.74) is 7.35. The molecule has 0 atom stereocenters. The number of benzene rings is 1. The van der Waals surface area contributed by atoms with Crippen molar-refractivity contribution in [1.82, 2.24) is 15.1 Å². The minimum Gasteiger partial charge on any atom is -0.370 e. The second kappa shape index (κ2) is 12.6. The van der Waals surface area contributed by atoms with Gasteiger partial charge >= 0.3 is 0 Å². The number of nitrogens with two attached hydrogens (primary N) is 1. The summed E-state index contributed by atoms with van der Waals surface area (Å²) < 4.78 is 0. The van der Waals surface area contributed by atoms with E-state index in [9.17, 15) is 0 Å². The monoisotopic (exact) mass is 485 g/mol. The van der Waals surface area contributed by atoms with Crippen LogP contribution in [0.1, 0.15) is 37.7 Å². The molecule has 0 radical (unpaired) electrons. The molecule has 3 rings (SSSR count). The fourth-order valence-electron chi connectivity index (χ4n) is 3.65. The minimum absolute atomic E-state index is 0. The van der Waals surface area contributed by atoms with Gasteiger partial charge < -0.3 is 16.0 Å². The van der Waals surface area contributed by atoms with Gasteiger partial charge in [0.25, 0.3) is 0 Å². The van der Waals surface area contributed by atoms with E-state index in [0.717, 1.165) is 32.0 Å². The lowest BCUT2D eigenvalue weighted by atomic mass is 9.86. The van der Waals surface area contributed by atoms with E-state index >= 15 is 0 Å². The maximum Gasteiger partial charge on any atom is 0.188 e. The van der Waals surface area contributed by atoms with Crippen LogP contribution in [0.5, 0.6) is 0 Å². The van der Waals surface area contributed by atoms with Crippen molar-refractivity contribution in [3.8, 4) is 0 Å². The Kier molecular flexibility index (Phi) is 10.4. The molecule has 2 fully saturated rings. The van der Waals surface area contributed by atoms with Gasteiger partial charge in [0.15, 0.2) is 5.96 Å². The van der Waals surface area contributed by atoms with Gasteiger partial charge in [-0.2, -0.15) is 0 Å². The third-order valence-electron chi connectivity index (χ3n) is 5.67. The molecule has 0 unspecified atom stereocenters. The second-order valence-corrected chi connectivity index (χ2v) is 7.76. The number of nitrogens with zero attached hydrogens (tertiary/aromatic N) is 3. The molecule has 0 aromatic heterocycles. The average Bonchev–Trinajstić information content (AvgIpc) is 2.62. The van der Waals surface area contributed by atoms with Crippen LogP contribution in [-0.4, -0.2) is 61.6 Å². The van der Waals surface area contributed by atoms with E-state index in [-0.39, 0.29) is 24.0 Å². The van der Waals surface area contributed by atoms with Crippen LogP contribution in [0, 0.1) is 5.92 Å². The lowest BCUT2D eigenvalue weighted by molar-refractivity contribution is 0.126. The number of hydrogen-bond acceptors (Lipinski definition) is 3. The van der Waals surface area contributed by atoms with E-state index in [0.29, 0.717) is 5.96 Å². The molecule has 2 aliphatic rings. The quantitative estimate of drug-likeness (QED) is 0.245. The predicted molar refractivity (Wildman–Crippen MR) is 125 cm³/mol. The SMILES string of the molecule is I.NC(=NCC1CCC1)NCCCCN1CCN(Cc2ccccc2)CC1. The van der Waals surface area contributed by atoms with Crippen molar-refractivity contribution in [1.29, 1.82) is 0 Å². The Balaban J connectivity index is 0.00000261. The van der Waals surface area contributed by atoms with Crippen molar-refractivity contribution in [2.75, 3.05) is 45.8 Å². The molecule has 1 aromatic carbocycles. The van der Waals surface area contributed by atoms with Gasteiger partial charge in [-0.05, 0) is 43.7 Å². The molecule has 1 aromatic rings. The van der Waals surface area contributed by atoms with Crippen molar-refractivity contribution >= 4 is 29.9 Å². The Bertz CT molecular complexity index is 539. The molecular weight excluding hydrogens is 449 g/mol. The van der Waals surface area contributed by atoms with E-state index in [1.54, 1.807) is 0 Å². The van der Waals surface area contributed by atoms with Crippen molar-refractivity contribution in [2.24, 2.45) is 16.6 Å². The summed E-state index contributed by atoms with van der Waals surface area (Å²) in [5, 5.41) is 3.26. The molecule has 1 heterocycles. The normalized spacial score (nSPS) is 19.3. The molecule has 1 aliphatic carbocycles. The first-order chi connectivity index (χ1) is 12.8. The highest BCUT2D eigenvalue weighted by Crippen LogP contribution is 2.26. The second-order valence-electron chi connectivity index (χ2n) is 7.76. The summed E-state index contributed by atoms with van der Waals surface area (Å²) in [6.07, 6.45) is 6.41. The standard InChI is InChI=1S/C21H35N5.HI/c22-21(24-17-19-9-6-10-19)23-11-4-5-12-25-13-15-26(16-14-25)18-20-7-2-1-3-8-20;/h1-3,7-8,19H,4-6,9-18H2,(H3,22,23,24);1H. The molecule has 0 spiro atoms. The lowest BCUT2D eigenvalue weighted by Gasteiger charge is -2.34. The van der Waals surface area contributed by atoms with Crippen molar-refractivity contribution in [2.45, 2.75) is 38.6 Å². The molecule has 1 saturated heterocycles. The largest absolute Gasteiger partial charge is 0.370 e. The Morgan fingerprint density at radius 2 is 1.74 bits per heavy atom. The Morgan fingerprint density at radius 3 is 2.41 bits per heavy atom. The van der Waals surface area contributed by atoms with Crippen LogP contribution >= 0.6 is 24.0 Å². The molecule has 5 nitrogen and oxygen atoms in total. The van der Waals surface area contributed by atoms with E-state index in [2.05, 4.69) is 50.4 Å². The van der Waals surface area contributed by atoms with Gasteiger partial charge in [-0.25, -0.2) is 0 Å². The third kappa shape index (κ3) is 8.35. The zero-order valence-electron chi connectivity index (χ0n) is 16.5. The number of guanidine groups is 1. The first-order valence-corrected chi connectivity index (χ1v) is 10.3. The number of hydrogen-bond donors (Lipinski definition) is 2. The van der Waals surface area contributed by atoms with Gasteiger partial charge in [0.05, 0.1) is 0 Å². The minimum atomic E-state index is 0. The number of aliphatic imine (C=N–C) groups is 1. The van der Waals surface area contributed by atoms with Crippen LogP contribution in [0.15, 0.2) is 35.3 Å². The zero-order valence-corrected chi connectivity index (χ0v) is 18.8. The molecule has 3 N–H and O–H groups in total. The van der Waals surface area contributed by atoms with E-state index in [4.69, 9.17) is 5.73 Å². The predicted octanol–water partition coefficient (Wildman–Crippen LogP) is 2.91. The van der Waals surface area contributed by atoms with Gasteiger partial charge in [0, 0.05) is 45.8 Å². The van der Waals surface area contributed by atoms with Crippen LogP contribution in [0.2, 0.25) is 0 Å². The van der Waals surface area contributed by atoms with Crippen molar-refractivity contribution < 1.29 is 0 Å².